The largest absolute Gasteiger partial charge is 0.495 e. The van der Waals surface area contributed by atoms with Gasteiger partial charge >= 0.3 is 0 Å². The van der Waals surface area contributed by atoms with Crippen LogP contribution in [0.5, 0.6) is 5.75 Å². The molecule has 1 fully saturated rings. The molecule has 2 aromatic rings. The van der Waals surface area contributed by atoms with Crippen molar-refractivity contribution in [3.63, 3.8) is 0 Å². The van der Waals surface area contributed by atoms with E-state index >= 15 is 0 Å². The Morgan fingerprint density at radius 2 is 2.04 bits per heavy atom. The van der Waals surface area contributed by atoms with E-state index in [0.29, 0.717) is 33.7 Å². The molecule has 0 aliphatic carbocycles. The maximum absolute atomic E-state index is 12.4. The molecule has 0 spiro atoms. The van der Waals surface area contributed by atoms with E-state index in [4.69, 9.17) is 27.9 Å². The summed E-state index contributed by atoms with van der Waals surface area (Å²) in [5, 5.41) is 3.75. The first kappa shape index (κ1) is 17.6. The first-order valence-corrected chi connectivity index (χ1v) is 8.44. The lowest BCUT2D eigenvalue weighted by atomic mass is 10.1. The van der Waals surface area contributed by atoms with Crippen molar-refractivity contribution in [2.24, 2.45) is 5.92 Å². The number of anilines is 2. The van der Waals surface area contributed by atoms with Crippen LogP contribution >= 0.6 is 23.2 Å². The molecule has 5 nitrogen and oxygen atoms in total. The molecule has 1 aliphatic heterocycles. The Kier molecular flexibility index (Phi) is 5.16. The molecule has 0 radical (unpaired) electrons. The summed E-state index contributed by atoms with van der Waals surface area (Å²) in [5.41, 5.74) is 1.25. The number of benzene rings is 2. The molecule has 1 saturated heterocycles. The molecular weight excluding hydrogens is 363 g/mol. The molecule has 7 heteroatoms. The molecule has 1 heterocycles. The zero-order valence-electron chi connectivity index (χ0n) is 13.5. The van der Waals surface area contributed by atoms with Crippen LogP contribution in [-0.2, 0) is 9.59 Å². The number of carbonyl (C=O) groups is 2. The van der Waals surface area contributed by atoms with Crippen LogP contribution in [0.4, 0.5) is 11.4 Å². The van der Waals surface area contributed by atoms with E-state index in [-0.39, 0.29) is 18.2 Å². The van der Waals surface area contributed by atoms with Gasteiger partial charge in [0.1, 0.15) is 5.75 Å². The van der Waals surface area contributed by atoms with Crippen LogP contribution in [-0.4, -0.2) is 25.5 Å². The minimum absolute atomic E-state index is 0.118. The molecule has 1 N–H and O–H groups in total. The van der Waals surface area contributed by atoms with Gasteiger partial charge in [0, 0.05) is 29.4 Å². The van der Waals surface area contributed by atoms with Crippen LogP contribution in [0.1, 0.15) is 6.42 Å². The van der Waals surface area contributed by atoms with Gasteiger partial charge in [-0.05, 0) is 36.4 Å². The second kappa shape index (κ2) is 7.33. The quantitative estimate of drug-likeness (QED) is 0.874. The first-order chi connectivity index (χ1) is 12.0. The van der Waals surface area contributed by atoms with Gasteiger partial charge in [0.15, 0.2) is 0 Å². The van der Waals surface area contributed by atoms with Crippen molar-refractivity contribution >= 4 is 46.4 Å². The predicted octanol–water partition coefficient (Wildman–Crippen LogP) is 3.99. The molecule has 2 aromatic carbocycles. The van der Waals surface area contributed by atoms with Crippen LogP contribution in [0.2, 0.25) is 10.0 Å². The molecule has 0 saturated carbocycles. The Morgan fingerprint density at radius 1 is 1.24 bits per heavy atom. The van der Waals surface area contributed by atoms with Gasteiger partial charge in [0.2, 0.25) is 11.8 Å². The summed E-state index contributed by atoms with van der Waals surface area (Å²) in [7, 11) is 1.53. The molecule has 25 heavy (non-hydrogen) atoms. The molecule has 1 aliphatic rings. The highest BCUT2D eigenvalue weighted by atomic mass is 35.5. The van der Waals surface area contributed by atoms with Crippen molar-refractivity contribution in [3.8, 4) is 5.75 Å². The lowest BCUT2D eigenvalue weighted by Gasteiger charge is -2.18. The number of amides is 2. The Bertz CT molecular complexity index is 826. The number of rotatable bonds is 4. The number of hydrogen-bond acceptors (Lipinski definition) is 3. The highest BCUT2D eigenvalue weighted by Gasteiger charge is 2.35. The summed E-state index contributed by atoms with van der Waals surface area (Å²) in [5.74, 6) is -0.232. The molecule has 2 amide bonds. The van der Waals surface area contributed by atoms with Crippen LogP contribution < -0.4 is 15.0 Å². The summed E-state index contributed by atoms with van der Waals surface area (Å²) in [6, 6.07) is 12.0. The van der Waals surface area contributed by atoms with Crippen molar-refractivity contribution in [2.45, 2.75) is 6.42 Å². The normalized spacial score (nSPS) is 16.8. The molecule has 1 atom stereocenters. The number of nitrogens with zero attached hydrogens (tertiary/aromatic N) is 1. The maximum atomic E-state index is 12.4. The fourth-order valence-electron chi connectivity index (χ4n) is 2.77. The predicted molar refractivity (Wildman–Crippen MR) is 98.5 cm³/mol. The van der Waals surface area contributed by atoms with E-state index in [1.54, 1.807) is 47.4 Å². The molecule has 3 rings (SSSR count). The number of ether oxygens (including phenoxy) is 1. The second-order valence-electron chi connectivity index (χ2n) is 5.72. The Labute approximate surface area is 155 Å². The summed E-state index contributed by atoms with van der Waals surface area (Å²) in [6.45, 7) is 0.299. The van der Waals surface area contributed by atoms with Gasteiger partial charge in [0.05, 0.1) is 18.1 Å². The highest BCUT2D eigenvalue weighted by Crippen LogP contribution is 2.32. The van der Waals surface area contributed by atoms with Gasteiger partial charge in [-0.15, -0.1) is 0 Å². The molecule has 0 bridgehead atoms. The Morgan fingerprint density at radius 3 is 2.72 bits per heavy atom. The summed E-state index contributed by atoms with van der Waals surface area (Å²) < 4.78 is 5.11. The van der Waals surface area contributed by atoms with Gasteiger partial charge in [-0.25, -0.2) is 0 Å². The van der Waals surface area contributed by atoms with Crippen molar-refractivity contribution < 1.29 is 14.3 Å². The zero-order chi connectivity index (χ0) is 18.0. The van der Waals surface area contributed by atoms with E-state index in [1.807, 2.05) is 0 Å². The van der Waals surface area contributed by atoms with E-state index in [1.165, 1.54) is 7.11 Å². The van der Waals surface area contributed by atoms with Crippen LogP contribution in [0.15, 0.2) is 42.5 Å². The summed E-state index contributed by atoms with van der Waals surface area (Å²) >= 11 is 12.0. The van der Waals surface area contributed by atoms with Gasteiger partial charge in [-0.3, -0.25) is 9.59 Å². The number of methoxy groups -OCH3 is 1. The number of nitrogens with one attached hydrogen (secondary N) is 1. The van der Waals surface area contributed by atoms with Gasteiger partial charge in [0.25, 0.3) is 0 Å². The van der Waals surface area contributed by atoms with E-state index in [2.05, 4.69) is 5.32 Å². The zero-order valence-corrected chi connectivity index (χ0v) is 15.0. The molecule has 0 aromatic heterocycles. The van der Waals surface area contributed by atoms with Crippen molar-refractivity contribution in [2.75, 3.05) is 23.9 Å². The average molecular weight is 379 g/mol. The van der Waals surface area contributed by atoms with Crippen LogP contribution in [0.25, 0.3) is 0 Å². The van der Waals surface area contributed by atoms with Gasteiger partial charge in [-0.2, -0.15) is 0 Å². The number of halogens is 2. The molecule has 130 valence electrons. The van der Waals surface area contributed by atoms with Crippen molar-refractivity contribution in [3.05, 3.63) is 52.5 Å². The highest BCUT2D eigenvalue weighted by molar-refractivity contribution is 6.32. The van der Waals surface area contributed by atoms with Crippen molar-refractivity contribution in [1.29, 1.82) is 0 Å². The van der Waals surface area contributed by atoms with Gasteiger partial charge in [-0.1, -0.05) is 29.3 Å². The van der Waals surface area contributed by atoms with E-state index in [9.17, 15) is 9.59 Å². The van der Waals surface area contributed by atoms with Gasteiger partial charge < -0.3 is 15.0 Å². The monoisotopic (exact) mass is 378 g/mol. The van der Waals surface area contributed by atoms with E-state index in [0.717, 1.165) is 0 Å². The summed E-state index contributed by atoms with van der Waals surface area (Å²) in [6.07, 6.45) is 0.149. The minimum atomic E-state index is -0.438. The Balaban J connectivity index is 1.71. The average Bonchev–Trinajstić information content (AvgIpc) is 2.97. The van der Waals surface area contributed by atoms with E-state index < -0.39 is 5.92 Å². The third-order valence-electron chi connectivity index (χ3n) is 4.04. The third-order valence-corrected chi connectivity index (χ3v) is 4.57. The fraction of sp³-hybridized carbons (Fsp3) is 0.222. The number of hydrogen-bond donors (Lipinski definition) is 1. The Hall–Kier alpha value is -2.24. The number of carbonyl (C=O) groups excluding carboxylic acids is 2. The maximum Gasteiger partial charge on any atom is 0.229 e. The lowest BCUT2D eigenvalue weighted by Crippen LogP contribution is -2.28. The third kappa shape index (κ3) is 3.89. The van der Waals surface area contributed by atoms with Crippen LogP contribution in [0, 0.1) is 5.92 Å². The smallest absolute Gasteiger partial charge is 0.229 e. The topological polar surface area (TPSA) is 58.6 Å². The van der Waals surface area contributed by atoms with Crippen LogP contribution in [0.3, 0.4) is 0 Å². The lowest BCUT2D eigenvalue weighted by molar-refractivity contribution is -0.122. The SMILES string of the molecule is COc1ccc(N2CC(C(=O)Nc3cccc(Cl)c3)CC2=O)cc1Cl. The molecular formula is C18H16Cl2N2O3. The van der Waals surface area contributed by atoms with Crippen molar-refractivity contribution in [1.82, 2.24) is 0 Å². The standard InChI is InChI=1S/C18H16Cl2N2O3/c1-25-16-6-5-14(9-15(16)20)22-10-11(7-17(22)23)18(24)21-13-4-2-3-12(19)8-13/h2-6,8-9,11H,7,10H2,1H3,(H,21,24). The second-order valence-corrected chi connectivity index (χ2v) is 6.57. The summed E-state index contributed by atoms with van der Waals surface area (Å²) in [4.78, 5) is 26.3. The molecule has 1 unspecified atom stereocenters. The minimum Gasteiger partial charge on any atom is -0.495 e. The first-order valence-electron chi connectivity index (χ1n) is 7.68. The fourth-order valence-corrected chi connectivity index (χ4v) is 3.21.